The number of nitrogens with one attached hydrogen (secondary N) is 1. The fraction of sp³-hybridized carbons (Fsp3) is 0.385. The summed E-state index contributed by atoms with van der Waals surface area (Å²) in [6.45, 7) is 2.34. The first-order valence-corrected chi connectivity index (χ1v) is 5.55. The lowest BCUT2D eigenvalue weighted by Gasteiger charge is -2.06. The molecular weight excluding hydrogens is 218 g/mol. The van der Waals surface area contributed by atoms with Crippen molar-refractivity contribution in [3.05, 3.63) is 29.8 Å². The summed E-state index contributed by atoms with van der Waals surface area (Å²) < 4.78 is 4.60. The lowest BCUT2D eigenvalue weighted by Crippen LogP contribution is -2.05. The number of rotatable bonds is 6. The van der Waals surface area contributed by atoms with Gasteiger partial charge in [-0.05, 0) is 37.6 Å². The van der Waals surface area contributed by atoms with Crippen molar-refractivity contribution < 1.29 is 14.3 Å². The van der Waals surface area contributed by atoms with Gasteiger partial charge in [0.05, 0.1) is 12.7 Å². The molecule has 0 spiro atoms. The molecule has 4 heteroatoms. The van der Waals surface area contributed by atoms with Gasteiger partial charge in [-0.3, -0.25) is 0 Å². The number of carbonyl (C=O) groups is 2. The van der Waals surface area contributed by atoms with Crippen molar-refractivity contribution in [2.45, 2.75) is 19.8 Å². The van der Waals surface area contributed by atoms with Crippen molar-refractivity contribution >= 4 is 17.4 Å². The quantitative estimate of drug-likeness (QED) is 0.607. The van der Waals surface area contributed by atoms with Crippen LogP contribution in [0, 0.1) is 0 Å². The Balaban J connectivity index is 2.40. The Morgan fingerprint density at radius 1 is 1.24 bits per heavy atom. The molecule has 4 nitrogen and oxygen atoms in total. The van der Waals surface area contributed by atoms with Gasteiger partial charge in [0, 0.05) is 18.7 Å². The lowest BCUT2D eigenvalue weighted by molar-refractivity contribution is -0.117. The van der Waals surface area contributed by atoms with Crippen molar-refractivity contribution in [1.29, 1.82) is 0 Å². The van der Waals surface area contributed by atoms with E-state index >= 15 is 0 Å². The number of carbonyl (C=O) groups excluding carboxylic acids is 2. The zero-order valence-corrected chi connectivity index (χ0v) is 10.2. The summed E-state index contributed by atoms with van der Waals surface area (Å²) in [5.74, 6) is -0.138. The summed E-state index contributed by atoms with van der Waals surface area (Å²) >= 11 is 0. The SMILES string of the molecule is COC(=O)c1ccc(NCCCC(C)=O)cc1. The van der Waals surface area contributed by atoms with Crippen molar-refractivity contribution in [3.8, 4) is 0 Å². The summed E-state index contributed by atoms with van der Waals surface area (Å²) in [4.78, 5) is 21.9. The fourth-order valence-corrected chi connectivity index (χ4v) is 1.41. The van der Waals surface area contributed by atoms with Crippen molar-refractivity contribution in [3.63, 3.8) is 0 Å². The van der Waals surface area contributed by atoms with Gasteiger partial charge in [-0.2, -0.15) is 0 Å². The largest absolute Gasteiger partial charge is 0.465 e. The van der Waals surface area contributed by atoms with Gasteiger partial charge < -0.3 is 14.8 Å². The van der Waals surface area contributed by atoms with E-state index in [-0.39, 0.29) is 11.8 Å². The minimum Gasteiger partial charge on any atom is -0.465 e. The van der Waals surface area contributed by atoms with E-state index in [4.69, 9.17) is 0 Å². The third-order valence-corrected chi connectivity index (χ3v) is 2.34. The molecule has 0 saturated heterocycles. The van der Waals surface area contributed by atoms with Crippen molar-refractivity contribution in [2.24, 2.45) is 0 Å². The van der Waals surface area contributed by atoms with Crippen LogP contribution in [0.2, 0.25) is 0 Å². The standard InChI is InChI=1S/C13H17NO3/c1-10(15)4-3-9-14-12-7-5-11(6-8-12)13(16)17-2/h5-8,14H,3-4,9H2,1-2H3. The fourth-order valence-electron chi connectivity index (χ4n) is 1.41. The first-order chi connectivity index (χ1) is 8.13. The maximum Gasteiger partial charge on any atom is 0.337 e. The van der Waals surface area contributed by atoms with Gasteiger partial charge in [-0.15, -0.1) is 0 Å². The Labute approximate surface area is 101 Å². The van der Waals surface area contributed by atoms with Crippen LogP contribution in [0.4, 0.5) is 5.69 Å². The monoisotopic (exact) mass is 235 g/mol. The molecule has 92 valence electrons. The van der Waals surface area contributed by atoms with E-state index in [2.05, 4.69) is 10.1 Å². The molecule has 0 fully saturated rings. The summed E-state index contributed by atoms with van der Waals surface area (Å²) in [6, 6.07) is 7.05. The highest BCUT2D eigenvalue weighted by Gasteiger charge is 2.03. The predicted molar refractivity (Wildman–Crippen MR) is 66.2 cm³/mol. The summed E-state index contributed by atoms with van der Waals surface area (Å²) in [5, 5.41) is 3.18. The van der Waals surface area contributed by atoms with Crippen LogP contribution < -0.4 is 5.32 Å². The molecule has 0 radical (unpaired) electrons. The number of methoxy groups -OCH3 is 1. The molecule has 0 aliphatic rings. The minimum absolute atomic E-state index is 0.202. The molecule has 1 rings (SSSR count). The molecule has 0 heterocycles. The van der Waals surface area contributed by atoms with Gasteiger partial charge in [-0.25, -0.2) is 4.79 Å². The molecule has 0 aromatic heterocycles. The van der Waals surface area contributed by atoms with E-state index < -0.39 is 0 Å². The molecule has 1 aromatic carbocycles. The molecule has 1 N–H and O–H groups in total. The molecular formula is C13H17NO3. The number of ketones is 1. The van der Waals surface area contributed by atoms with Crippen molar-refractivity contribution in [2.75, 3.05) is 19.0 Å². The molecule has 17 heavy (non-hydrogen) atoms. The maximum atomic E-state index is 11.2. The molecule has 1 aromatic rings. The Bertz CT molecular complexity index is 384. The van der Waals surface area contributed by atoms with Crippen LogP contribution in [-0.4, -0.2) is 25.4 Å². The van der Waals surface area contributed by atoms with Crippen LogP contribution in [-0.2, 0) is 9.53 Å². The summed E-state index contributed by atoms with van der Waals surface area (Å²) in [7, 11) is 1.36. The molecule has 0 atom stereocenters. The first-order valence-electron chi connectivity index (χ1n) is 5.55. The zero-order valence-electron chi connectivity index (χ0n) is 10.2. The van der Waals surface area contributed by atoms with Gasteiger partial charge in [0.2, 0.25) is 0 Å². The second kappa shape index (κ2) is 6.68. The van der Waals surface area contributed by atoms with Crippen LogP contribution >= 0.6 is 0 Å². The van der Waals surface area contributed by atoms with Crippen LogP contribution in [0.25, 0.3) is 0 Å². The highest BCUT2D eigenvalue weighted by atomic mass is 16.5. The van der Waals surface area contributed by atoms with E-state index in [1.165, 1.54) is 7.11 Å². The average molecular weight is 235 g/mol. The molecule has 0 aliphatic carbocycles. The van der Waals surface area contributed by atoms with Gasteiger partial charge in [-0.1, -0.05) is 0 Å². The Kier molecular flexibility index (Phi) is 5.20. The van der Waals surface area contributed by atoms with Gasteiger partial charge in [0.25, 0.3) is 0 Å². The number of anilines is 1. The number of Topliss-reactive ketones (excluding diaryl/α,β-unsaturated/α-hetero) is 1. The molecule has 0 aliphatic heterocycles. The number of benzene rings is 1. The maximum absolute atomic E-state index is 11.2. The third-order valence-electron chi connectivity index (χ3n) is 2.34. The van der Waals surface area contributed by atoms with Gasteiger partial charge in [0.1, 0.15) is 5.78 Å². The van der Waals surface area contributed by atoms with Gasteiger partial charge in [0.15, 0.2) is 0 Å². The van der Waals surface area contributed by atoms with Crippen LogP contribution in [0.1, 0.15) is 30.1 Å². The highest BCUT2D eigenvalue weighted by Crippen LogP contribution is 2.10. The number of hydrogen-bond donors (Lipinski definition) is 1. The predicted octanol–water partition coefficient (Wildman–Crippen LogP) is 2.25. The molecule has 0 unspecified atom stereocenters. The van der Waals surface area contributed by atoms with E-state index in [1.807, 2.05) is 12.1 Å². The number of esters is 1. The van der Waals surface area contributed by atoms with Crippen LogP contribution in [0.15, 0.2) is 24.3 Å². The highest BCUT2D eigenvalue weighted by molar-refractivity contribution is 5.89. The van der Waals surface area contributed by atoms with E-state index in [0.717, 1.165) is 18.7 Å². The van der Waals surface area contributed by atoms with E-state index in [1.54, 1.807) is 19.1 Å². The van der Waals surface area contributed by atoms with Gasteiger partial charge >= 0.3 is 5.97 Å². The number of ether oxygens (including phenoxy) is 1. The topological polar surface area (TPSA) is 55.4 Å². The van der Waals surface area contributed by atoms with E-state index in [0.29, 0.717) is 12.0 Å². The first kappa shape index (κ1) is 13.2. The second-order valence-corrected chi connectivity index (χ2v) is 3.80. The smallest absolute Gasteiger partial charge is 0.337 e. The Hall–Kier alpha value is -1.84. The Morgan fingerprint density at radius 2 is 1.88 bits per heavy atom. The lowest BCUT2D eigenvalue weighted by atomic mass is 10.2. The van der Waals surface area contributed by atoms with Crippen molar-refractivity contribution in [1.82, 2.24) is 0 Å². The molecule has 0 amide bonds. The zero-order chi connectivity index (χ0) is 12.7. The van der Waals surface area contributed by atoms with Crippen LogP contribution in [0.3, 0.4) is 0 Å². The number of hydrogen-bond acceptors (Lipinski definition) is 4. The minimum atomic E-state index is -0.340. The Morgan fingerprint density at radius 3 is 2.41 bits per heavy atom. The average Bonchev–Trinajstić information content (AvgIpc) is 2.34. The third kappa shape index (κ3) is 4.68. The second-order valence-electron chi connectivity index (χ2n) is 3.80. The van der Waals surface area contributed by atoms with Crippen LogP contribution in [0.5, 0.6) is 0 Å². The summed E-state index contributed by atoms with van der Waals surface area (Å²) in [5.41, 5.74) is 1.46. The molecule has 0 saturated carbocycles. The normalized spacial score (nSPS) is 9.76. The van der Waals surface area contributed by atoms with E-state index in [9.17, 15) is 9.59 Å². The summed E-state index contributed by atoms with van der Waals surface area (Å²) in [6.07, 6.45) is 1.40. The molecule has 0 bridgehead atoms.